The van der Waals surface area contributed by atoms with Crippen LogP contribution >= 0.6 is 35.0 Å². The van der Waals surface area contributed by atoms with Crippen molar-refractivity contribution in [1.82, 2.24) is 10.2 Å². The van der Waals surface area contributed by atoms with E-state index in [0.717, 1.165) is 16.9 Å². The lowest BCUT2D eigenvalue weighted by atomic mass is 10.0. The third kappa shape index (κ3) is 9.10. The van der Waals surface area contributed by atoms with Crippen molar-refractivity contribution in [3.63, 3.8) is 0 Å². The number of nitrogens with one attached hydrogen (secondary N) is 1. The molecular formula is C30H34Cl2N2O2S. The van der Waals surface area contributed by atoms with E-state index in [0.29, 0.717) is 16.5 Å². The van der Waals surface area contributed by atoms with Gasteiger partial charge in [0.1, 0.15) is 6.04 Å². The summed E-state index contributed by atoms with van der Waals surface area (Å²) in [5.41, 5.74) is 3.75. The van der Waals surface area contributed by atoms with Crippen LogP contribution in [0.1, 0.15) is 43.0 Å². The van der Waals surface area contributed by atoms with Gasteiger partial charge in [0.05, 0.1) is 15.8 Å². The van der Waals surface area contributed by atoms with Crippen LogP contribution in [-0.4, -0.2) is 34.0 Å². The van der Waals surface area contributed by atoms with Gasteiger partial charge in [0, 0.05) is 24.3 Å². The quantitative estimate of drug-likeness (QED) is 0.290. The van der Waals surface area contributed by atoms with Gasteiger partial charge in [-0.2, -0.15) is 0 Å². The highest BCUT2D eigenvalue weighted by molar-refractivity contribution is 7.99. The molecule has 0 radical (unpaired) electrons. The number of halogens is 2. The van der Waals surface area contributed by atoms with Gasteiger partial charge in [0.15, 0.2) is 0 Å². The molecule has 0 bridgehead atoms. The van der Waals surface area contributed by atoms with Gasteiger partial charge in [-0.05, 0) is 62.1 Å². The van der Waals surface area contributed by atoms with Crippen LogP contribution in [0, 0.1) is 6.92 Å². The highest BCUT2D eigenvalue weighted by Gasteiger charge is 2.32. The number of hydrogen-bond donors (Lipinski definition) is 1. The molecule has 1 N–H and O–H groups in total. The van der Waals surface area contributed by atoms with E-state index in [9.17, 15) is 9.59 Å². The van der Waals surface area contributed by atoms with Crippen LogP contribution in [0.3, 0.4) is 0 Å². The largest absolute Gasteiger partial charge is 0.350 e. The van der Waals surface area contributed by atoms with Gasteiger partial charge >= 0.3 is 0 Å². The third-order valence-corrected chi connectivity index (χ3v) is 7.56. The summed E-state index contributed by atoms with van der Waals surface area (Å²) >= 11 is 14.0. The number of carbonyl (C=O) groups excluding carboxylic acids is 2. The summed E-state index contributed by atoms with van der Waals surface area (Å²) < 4.78 is 0. The zero-order valence-corrected chi connectivity index (χ0v) is 24.1. The Balaban J connectivity index is 1.90. The van der Waals surface area contributed by atoms with Gasteiger partial charge in [0.2, 0.25) is 11.8 Å². The van der Waals surface area contributed by atoms with Crippen LogP contribution in [0.25, 0.3) is 0 Å². The average Bonchev–Trinajstić information content (AvgIpc) is 2.84. The Bertz CT molecular complexity index is 1210. The number of rotatable bonds is 10. The van der Waals surface area contributed by atoms with Crippen molar-refractivity contribution in [2.24, 2.45) is 0 Å². The molecule has 0 aromatic heterocycles. The van der Waals surface area contributed by atoms with E-state index in [2.05, 4.69) is 24.4 Å². The topological polar surface area (TPSA) is 49.4 Å². The molecule has 4 nitrogen and oxygen atoms in total. The van der Waals surface area contributed by atoms with Crippen LogP contribution < -0.4 is 5.32 Å². The Morgan fingerprint density at radius 3 is 2.24 bits per heavy atom. The van der Waals surface area contributed by atoms with E-state index in [4.69, 9.17) is 23.2 Å². The summed E-state index contributed by atoms with van der Waals surface area (Å²) in [4.78, 5) is 29.0. The van der Waals surface area contributed by atoms with Crippen LogP contribution in [0.4, 0.5) is 0 Å². The number of amides is 2. The number of nitrogens with zero attached hydrogens (tertiary/aromatic N) is 1. The molecule has 2 amide bonds. The van der Waals surface area contributed by atoms with Crippen LogP contribution in [0.15, 0.2) is 72.8 Å². The average molecular weight is 558 g/mol. The van der Waals surface area contributed by atoms with Gasteiger partial charge < -0.3 is 10.2 Å². The van der Waals surface area contributed by atoms with Gasteiger partial charge in [0.25, 0.3) is 0 Å². The van der Waals surface area contributed by atoms with Crippen LogP contribution in [0.5, 0.6) is 0 Å². The SMILES string of the molecule is Cc1ccccc1CSCC(=O)N(Cc1ccc(Cl)c(Cl)c1)[C@@H](Cc1ccccc1)C(=O)NC(C)(C)C. The molecule has 0 aliphatic rings. The first-order valence-corrected chi connectivity index (χ1v) is 14.2. The Morgan fingerprint density at radius 2 is 1.59 bits per heavy atom. The summed E-state index contributed by atoms with van der Waals surface area (Å²) in [6.07, 6.45) is 0.401. The molecule has 3 rings (SSSR count). The molecular weight excluding hydrogens is 523 g/mol. The molecule has 3 aromatic carbocycles. The monoisotopic (exact) mass is 556 g/mol. The molecule has 0 heterocycles. The van der Waals surface area contributed by atoms with E-state index in [1.807, 2.05) is 69.3 Å². The van der Waals surface area contributed by atoms with Crippen molar-refractivity contribution in [3.8, 4) is 0 Å². The number of benzene rings is 3. The normalized spacial score (nSPS) is 12.2. The first-order valence-electron chi connectivity index (χ1n) is 12.2. The summed E-state index contributed by atoms with van der Waals surface area (Å²) in [5, 5.41) is 3.95. The highest BCUT2D eigenvalue weighted by atomic mass is 35.5. The minimum atomic E-state index is -0.692. The second kappa shape index (κ2) is 13.4. The van der Waals surface area contributed by atoms with Crippen molar-refractivity contribution in [2.75, 3.05) is 5.75 Å². The van der Waals surface area contributed by atoms with Gasteiger partial charge in [-0.3, -0.25) is 9.59 Å². The fraction of sp³-hybridized carbons (Fsp3) is 0.333. The summed E-state index contributed by atoms with van der Waals surface area (Å²) in [7, 11) is 0. The van der Waals surface area contributed by atoms with Crippen molar-refractivity contribution >= 4 is 46.8 Å². The molecule has 196 valence electrons. The van der Waals surface area contributed by atoms with Gasteiger partial charge in [-0.25, -0.2) is 0 Å². The molecule has 0 unspecified atom stereocenters. The number of hydrogen-bond acceptors (Lipinski definition) is 3. The third-order valence-electron chi connectivity index (χ3n) is 5.85. The van der Waals surface area contributed by atoms with E-state index in [-0.39, 0.29) is 24.1 Å². The fourth-order valence-corrected chi connectivity index (χ4v) is 5.25. The number of thioether (sulfide) groups is 1. The maximum absolute atomic E-state index is 13.7. The first-order chi connectivity index (χ1) is 17.5. The Hall–Kier alpha value is -2.47. The lowest BCUT2D eigenvalue weighted by Crippen LogP contribution is -2.54. The lowest BCUT2D eigenvalue weighted by Gasteiger charge is -2.34. The summed E-state index contributed by atoms with van der Waals surface area (Å²) in [6, 6.07) is 22.6. The smallest absolute Gasteiger partial charge is 0.243 e. The second-order valence-electron chi connectivity index (χ2n) is 10.1. The minimum Gasteiger partial charge on any atom is -0.350 e. The summed E-state index contributed by atoms with van der Waals surface area (Å²) in [5.74, 6) is 0.684. The number of carbonyl (C=O) groups is 2. The van der Waals surface area contributed by atoms with Crippen molar-refractivity contribution in [1.29, 1.82) is 0 Å². The van der Waals surface area contributed by atoms with Gasteiger partial charge in [-0.1, -0.05) is 83.9 Å². The fourth-order valence-electron chi connectivity index (χ4n) is 3.94. The Labute approximate surface area is 234 Å². The van der Waals surface area contributed by atoms with Gasteiger partial charge in [-0.15, -0.1) is 11.8 Å². The maximum Gasteiger partial charge on any atom is 0.243 e. The molecule has 3 aromatic rings. The second-order valence-corrected chi connectivity index (χ2v) is 11.9. The molecule has 1 atom stereocenters. The minimum absolute atomic E-state index is 0.102. The Morgan fingerprint density at radius 1 is 0.919 bits per heavy atom. The first kappa shape index (κ1) is 29.1. The van der Waals surface area contributed by atoms with Crippen LogP contribution in [0.2, 0.25) is 10.0 Å². The van der Waals surface area contributed by atoms with Crippen molar-refractivity contribution in [3.05, 3.63) is 105 Å². The zero-order valence-electron chi connectivity index (χ0n) is 21.8. The molecule has 7 heteroatoms. The van der Waals surface area contributed by atoms with E-state index in [1.165, 1.54) is 11.1 Å². The highest BCUT2D eigenvalue weighted by Crippen LogP contribution is 2.25. The summed E-state index contributed by atoms with van der Waals surface area (Å²) in [6.45, 7) is 8.13. The molecule has 0 saturated carbocycles. The molecule has 0 fully saturated rings. The van der Waals surface area contributed by atoms with Crippen molar-refractivity contribution < 1.29 is 9.59 Å². The standard InChI is InChI=1S/C30H34Cl2N2O2S/c1-21-10-8-9-13-24(21)19-37-20-28(35)34(18-23-14-15-25(31)26(32)16-23)27(29(36)33-30(2,3)4)17-22-11-6-5-7-12-22/h5-16,27H,17-20H2,1-4H3,(H,33,36)/t27-/m0/s1. The van der Waals surface area contributed by atoms with Crippen molar-refractivity contribution in [2.45, 2.75) is 58.0 Å². The van der Waals surface area contributed by atoms with E-state index < -0.39 is 11.6 Å². The molecule has 0 saturated heterocycles. The van der Waals surface area contributed by atoms with Crippen LogP contribution in [-0.2, 0) is 28.3 Å². The molecule has 0 aliphatic heterocycles. The molecule has 0 aliphatic carbocycles. The predicted octanol–water partition coefficient (Wildman–Crippen LogP) is 7.09. The zero-order chi connectivity index (χ0) is 27.0. The number of aryl methyl sites for hydroxylation is 1. The van der Waals surface area contributed by atoms with E-state index in [1.54, 1.807) is 28.8 Å². The maximum atomic E-state index is 13.7. The van der Waals surface area contributed by atoms with E-state index >= 15 is 0 Å². The predicted molar refractivity (Wildman–Crippen MR) is 156 cm³/mol. The lowest BCUT2D eigenvalue weighted by molar-refractivity contribution is -0.140. The molecule has 0 spiro atoms. The molecule has 37 heavy (non-hydrogen) atoms. The Kier molecular flexibility index (Phi) is 10.5.